The lowest BCUT2D eigenvalue weighted by Crippen LogP contribution is -2.53. The number of hydrogen-bond donors (Lipinski definition) is 3. The maximum absolute atomic E-state index is 14.3. The normalized spacial score (nSPS) is 25.1. The van der Waals surface area contributed by atoms with Crippen LogP contribution in [0.5, 0.6) is 0 Å². The van der Waals surface area contributed by atoms with E-state index < -0.39 is 29.3 Å². The molecule has 3 amide bonds. The van der Waals surface area contributed by atoms with Crippen LogP contribution in [0.15, 0.2) is 66.9 Å². The summed E-state index contributed by atoms with van der Waals surface area (Å²) in [6.45, 7) is 5.37. The number of Topliss-reactive ketones (excluding diaryl/α,β-unsaturated/α-hetero) is 1. The van der Waals surface area contributed by atoms with Gasteiger partial charge in [0, 0.05) is 40.0 Å². The highest BCUT2D eigenvalue weighted by atomic mass is 16.2. The van der Waals surface area contributed by atoms with E-state index in [1.807, 2.05) is 56.4 Å². The molecule has 40 heavy (non-hydrogen) atoms. The number of aryl methyl sites for hydroxylation is 2. The van der Waals surface area contributed by atoms with Gasteiger partial charge < -0.3 is 10.3 Å². The number of aromatic nitrogens is 1. The van der Waals surface area contributed by atoms with Crippen LogP contribution in [0.2, 0.25) is 0 Å². The summed E-state index contributed by atoms with van der Waals surface area (Å²) >= 11 is 0. The molecule has 3 aromatic carbocycles. The first-order valence-corrected chi connectivity index (χ1v) is 13.5. The molecule has 1 aromatic heterocycles. The molecule has 200 valence electrons. The number of nitrogens with one attached hydrogen (secondary N) is 3. The Labute approximate surface area is 230 Å². The molecule has 0 bridgehead atoms. The Balaban J connectivity index is 1.38. The van der Waals surface area contributed by atoms with Crippen LogP contribution in [0.1, 0.15) is 39.5 Å². The van der Waals surface area contributed by atoms with Crippen LogP contribution < -0.4 is 15.5 Å². The third-order valence-corrected chi connectivity index (χ3v) is 8.81. The van der Waals surface area contributed by atoms with Gasteiger partial charge in [-0.15, -0.1) is 0 Å². The van der Waals surface area contributed by atoms with Crippen molar-refractivity contribution in [3.63, 3.8) is 0 Å². The number of amides is 3. The summed E-state index contributed by atoms with van der Waals surface area (Å²) in [7, 11) is 0. The average molecular weight is 533 g/mol. The zero-order chi connectivity index (χ0) is 27.9. The Morgan fingerprint density at radius 2 is 1.73 bits per heavy atom. The number of imide groups is 1. The third-order valence-electron chi connectivity index (χ3n) is 8.81. The van der Waals surface area contributed by atoms with Crippen LogP contribution >= 0.6 is 0 Å². The van der Waals surface area contributed by atoms with Gasteiger partial charge in [-0.2, -0.15) is 0 Å². The van der Waals surface area contributed by atoms with Gasteiger partial charge in [-0.05, 0) is 68.7 Å². The number of aromatic amines is 1. The van der Waals surface area contributed by atoms with Crippen molar-refractivity contribution in [3.05, 3.63) is 94.7 Å². The fourth-order valence-electron chi connectivity index (χ4n) is 7.07. The number of H-pyrrole nitrogens is 1. The van der Waals surface area contributed by atoms with Gasteiger partial charge in [0.1, 0.15) is 5.54 Å². The topological polar surface area (TPSA) is 111 Å². The predicted octanol–water partition coefficient (Wildman–Crippen LogP) is 4.16. The number of fused-ring (bicyclic) bond motifs is 5. The molecular weight excluding hydrogens is 504 g/mol. The Bertz CT molecular complexity index is 1770. The molecule has 7 rings (SSSR count). The van der Waals surface area contributed by atoms with E-state index in [9.17, 15) is 19.2 Å². The SMILES string of the molecule is CC(=O)c1ccc(N2C(=O)[C@@H]3[C@H](Cc4c[nH]c5ccccc45)N[C@]4(C(=O)Nc5c(C)cc(C)cc54)[C@H]3C2=O)cc1. The van der Waals surface area contributed by atoms with Gasteiger partial charge in [0.2, 0.25) is 17.7 Å². The molecule has 8 heteroatoms. The van der Waals surface area contributed by atoms with E-state index in [-0.39, 0.29) is 17.6 Å². The maximum atomic E-state index is 14.3. The predicted molar refractivity (Wildman–Crippen MR) is 151 cm³/mol. The Kier molecular flexibility index (Phi) is 5.18. The fraction of sp³-hybridized carbons (Fsp3) is 0.250. The molecule has 2 saturated heterocycles. The summed E-state index contributed by atoms with van der Waals surface area (Å²) in [6, 6.07) is 17.9. The zero-order valence-corrected chi connectivity index (χ0v) is 22.4. The zero-order valence-electron chi connectivity index (χ0n) is 22.4. The van der Waals surface area contributed by atoms with Crippen molar-refractivity contribution in [3.8, 4) is 0 Å². The van der Waals surface area contributed by atoms with E-state index in [2.05, 4.69) is 15.6 Å². The molecule has 0 aliphatic carbocycles. The minimum absolute atomic E-state index is 0.102. The number of nitrogens with zero attached hydrogens (tertiary/aromatic N) is 1. The van der Waals surface area contributed by atoms with Crippen LogP contribution in [0.3, 0.4) is 0 Å². The molecule has 1 spiro atoms. The van der Waals surface area contributed by atoms with Crippen molar-refractivity contribution in [2.24, 2.45) is 11.8 Å². The van der Waals surface area contributed by atoms with Crippen LogP contribution in [0.25, 0.3) is 10.9 Å². The second kappa shape index (κ2) is 8.47. The Hall–Kier alpha value is -4.56. The lowest BCUT2D eigenvalue weighted by atomic mass is 9.75. The van der Waals surface area contributed by atoms with Crippen molar-refractivity contribution in [1.82, 2.24) is 10.3 Å². The molecule has 2 fully saturated rings. The minimum Gasteiger partial charge on any atom is -0.361 e. The average Bonchev–Trinajstić information content (AvgIpc) is 3.64. The smallest absolute Gasteiger partial charge is 0.250 e. The second-order valence-electron chi connectivity index (χ2n) is 11.2. The van der Waals surface area contributed by atoms with Crippen molar-refractivity contribution in [1.29, 1.82) is 0 Å². The van der Waals surface area contributed by atoms with E-state index in [1.54, 1.807) is 24.3 Å². The van der Waals surface area contributed by atoms with E-state index in [0.717, 1.165) is 27.6 Å². The van der Waals surface area contributed by atoms with Gasteiger partial charge in [0.15, 0.2) is 5.78 Å². The molecule has 3 aliphatic rings. The quantitative estimate of drug-likeness (QED) is 0.270. The van der Waals surface area contributed by atoms with E-state index in [0.29, 0.717) is 28.9 Å². The summed E-state index contributed by atoms with van der Waals surface area (Å²) in [6.07, 6.45) is 2.39. The molecule has 0 unspecified atom stereocenters. The fourth-order valence-corrected chi connectivity index (χ4v) is 7.07. The van der Waals surface area contributed by atoms with Crippen LogP contribution in [-0.2, 0) is 26.3 Å². The monoisotopic (exact) mass is 532 g/mol. The van der Waals surface area contributed by atoms with Crippen molar-refractivity contribution < 1.29 is 19.2 Å². The van der Waals surface area contributed by atoms with Crippen LogP contribution in [0.4, 0.5) is 11.4 Å². The van der Waals surface area contributed by atoms with Crippen LogP contribution in [0, 0.1) is 25.7 Å². The van der Waals surface area contributed by atoms with Gasteiger partial charge in [0.05, 0.1) is 17.5 Å². The summed E-state index contributed by atoms with van der Waals surface area (Å²) in [4.78, 5) is 58.7. The van der Waals surface area contributed by atoms with Gasteiger partial charge >= 0.3 is 0 Å². The molecule has 3 N–H and O–H groups in total. The van der Waals surface area contributed by atoms with E-state index in [4.69, 9.17) is 0 Å². The molecule has 0 saturated carbocycles. The van der Waals surface area contributed by atoms with Gasteiger partial charge in [-0.25, -0.2) is 4.90 Å². The summed E-state index contributed by atoms with van der Waals surface area (Å²) < 4.78 is 0. The number of para-hydroxylation sites is 1. The highest BCUT2D eigenvalue weighted by Crippen LogP contribution is 2.54. The Morgan fingerprint density at radius 1 is 0.975 bits per heavy atom. The molecule has 4 atom stereocenters. The standard InChI is InChI=1S/C32H28N4O4/c1-16-12-17(2)28-23(13-16)32(31(40)34-28)27-26(25(35-32)14-20-15-33-24-7-5-4-6-22(20)24)29(38)36(30(27)39)21-10-8-19(9-11-21)18(3)37/h4-13,15,25-27,33,35H,14H2,1-3H3,(H,34,40)/t25-,26+,27+,32-/m0/s1. The number of carbonyl (C=O) groups excluding carboxylic acids is 4. The van der Waals surface area contributed by atoms with E-state index in [1.165, 1.54) is 11.8 Å². The molecule has 4 heterocycles. The number of rotatable bonds is 4. The Morgan fingerprint density at radius 3 is 2.48 bits per heavy atom. The molecule has 0 radical (unpaired) electrons. The van der Waals surface area contributed by atoms with Gasteiger partial charge in [0.25, 0.3) is 0 Å². The first-order valence-electron chi connectivity index (χ1n) is 13.5. The molecule has 8 nitrogen and oxygen atoms in total. The first kappa shape index (κ1) is 24.5. The van der Waals surface area contributed by atoms with Crippen molar-refractivity contribution >= 4 is 45.8 Å². The highest BCUT2D eigenvalue weighted by Gasteiger charge is 2.70. The first-order chi connectivity index (χ1) is 19.2. The maximum Gasteiger partial charge on any atom is 0.250 e. The minimum atomic E-state index is -1.38. The summed E-state index contributed by atoms with van der Waals surface area (Å²) in [5.74, 6) is -2.86. The highest BCUT2D eigenvalue weighted by molar-refractivity contribution is 6.26. The lowest BCUT2D eigenvalue weighted by molar-refractivity contribution is -0.130. The van der Waals surface area contributed by atoms with Crippen molar-refractivity contribution in [2.75, 3.05) is 10.2 Å². The number of benzene rings is 3. The number of hydrogen-bond acceptors (Lipinski definition) is 5. The summed E-state index contributed by atoms with van der Waals surface area (Å²) in [5, 5.41) is 7.62. The largest absolute Gasteiger partial charge is 0.361 e. The summed E-state index contributed by atoms with van der Waals surface area (Å²) in [5.41, 5.74) is 4.79. The molecule has 3 aliphatic heterocycles. The second-order valence-corrected chi connectivity index (χ2v) is 11.2. The van der Waals surface area contributed by atoms with Gasteiger partial charge in [-0.1, -0.05) is 35.9 Å². The lowest BCUT2D eigenvalue weighted by Gasteiger charge is -2.30. The molecule has 4 aromatic rings. The molecular formula is C32H28N4O4. The number of ketones is 1. The third kappa shape index (κ3) is 3.23. The van der Waals surface area contributed by atoms with Crippen LogP contribution in [-0.4, -0.2) is 34.5 Å². The van der Waals surface area contributed by atoms with Gasteiger partial charge in [-0.3, -0.25) is 24.5 Å². The van der Waals surface area contributed by atoms with E-state index >= 15 is 0 Å². The van der Waals surface area contributed by atoms with Crippen molar-refractivity contribution in [2.45, 2.75) is 38.8 Å². The number of carbonyl (C=O) groups is 4. The number of anilines is 2.